The maximum atomic E-state index is 10.5. The Hall–Kier alpha value is -1.58. The molecule has 1 saturated carbocycles. The van der Waals surface area contributed by atoms with E-state index in [1.54, 1.807) is 12.1 Å². The van der Waals surface area contributed by atoms with Crippen molar-refractivity contribution in [3.63, 3.8) is 0 Å². The Balaban J connectivity index is 2.08. The first-order valence-electron chi connectivity index (χ1n) is 5.70. The van der Waals surface area contributed by atoms with E-state index in [4.69, 9.17) is 0 Å². The first-order valence-corrected chi connectivity index (χ1v) is 5.70. The fourth-order valence-electron chi connectivity index (χ4n) is 1.81. The van der Waals surface area contributed by atoms with Crippen LogP contribution >= 0.6 is 0 Å². The first-order chi connectivity index (χ1) is 7.70. The number of nitro benzene ring substituents is 1. The van der Waals surface area contributed by atoms with Crippen molar-refractivity contribution in [3.8, 4) is 0 Å². The predicted octanol–water partition coefficient (Wildman–Crippen LogP) is 2.83. The smallest absolute Gasteiger partial charge is 0.269 e. The van der Waals surface area contributed by atoms with Crippen LogP contribution in [0.1, 0.15) is 19.8 Å². The third-order valence-electron chi connectivity index (χ3n) is 2.98. The molecule has 0 saturated heterocycles. The highest BCUT2D eigenvalue weighted by molar-refractivity contribution is 5.50. The van der Waals surface area contributed by atoms with Gasteiger partial charge in [0, 0.05) is 30.9 Å². The molecule has 0 aromatic heterocycles. The number of benzene rings is 1. The second-order valence-corrected chi connectivity index (χ2v) is 4.26. The summed E-state index contributed by atoms with van der Waals surface area (Å²) in [6.45, 7) is 4.15. The Labute approximate surface area is 95.0 Å². The Morgan fingerprint density at radius 2 is 2.00 bits per heavy atom. The Kier molecular flexibility index (Phi) is 3.08. The zero-order valence-electron chi connectivity index (χ0n) is 9.43. The number of nitro groups is 1. The number of hydrogen-bond donors (Lipinski definition) is 0. The molecule has 1 aromatic rings. The van der Waals surface area contributed by atoms with Crippen molar-refractivity contribution in [2.24, 2.45) is 5.92 Å². The molecule has 0 bridgehead atoms. The van der Waals surface area contributed by atoms with Crippen LogP contribution in [0.2, 0.25) is 0 Å². The molecule has 0 spiro atoms. The molecule has 4 heteroatoms. The van der Waals surface area contributed by atoms with Crippen LogP contribution in [0.4, 0.5) is 11.4 Å². The van der Waals surface area contributed by atoms with Crippen LogP contribution < -0.4 is 4.90 Å². The van der Waals surface area contributed by atoms with Gasteiger partial charge in [0.25, 0.3) is 5.69 Å². The maximum absolute atomic E-state index is 10.5. The largest absolute Gasteiger partial charge is 0.372 e. The summed E-state index contributed by atoms with van der Waals surface area (Å²) in [5.74, 6) is 0.829. The second kappa shape index (κ2) is 4.51. The number of nitrogens with zero attached hydrogens (tertiary/aromatic N) is 2. The summed E-state index contributed by atoms with van der Waals surface area (Å²) in [6, 6.07) is 6.82. The highest BCUT2D eigenvalue weighted by Crippen LogP contribution is 2.31. The summed E-state index contributed by atoms with van der Waals surface area (Å²) in [7, 11) is 0. The molecular weight excluding hydrogens is 204 g/mol. The van der Waals surface area contributed by atoms with Crippen LogP contribution in [-0.4, -0.2) is 18.0 Å². The molecule has 1 fully saturated rings. The van der Waals surface area contributed by atoms with Crippen molar-refractivity contribution in [2.45, 2.75) is 19.8 Å². The number of rotatable bonds is 5. The van der Waals surface area contributed by atoms with Gasteiger partial charge in [0.15, 0.2) is 0 Å². The van der Waals surface area contributed by atoms with Gasteiger partial charge in [-0.15, -0.1) is 0 Å². The van der Waals surface area contributed by atoms with Gasteiger partial charge in [-0.2, -0.15) is 0 Å². The molecule has 1 aliphatic carbocycles. The van der Waals surface area contributed by atoms with Gasteiger partial charge in [-0.05, 0) is 37.8 Å². The minimum absolute atomic E-state index is 0.159. The Morgan fingerprint density at radius 3 is 2.44 bits per heavy atom. The topological polar surface area (TPSA) is 46.4 Å². The van der Waals surface area contributed by atoms with E-state index in [0.717, 1.165) is 24.7 Å². The summed E-state index contributed by atoms with van der Waals surface area (Å²) < 4.78 is 0. The quantitative estimate of drug-likeness (QED) is 0.566. The second-order valence-electron chi connectivity index (χ2n) is 4.26. The molecule has 0 heterocycles. The van der Waals surface area contributed by atoms with Crippen molar-refractivity contribution in [1.82, 2.24) is 0 Å². The first kappa shape index (κ1) is 10.9. The monoisotopic (exact) mass is 220 g/mol. The molecule has 86 valence electrons. The van der Waals surface area contributed by atoms with E-state index < -0.39 is 0 Å². The molecule has 0 N–H and O–H groups in total. The van der Waals surface area contributed by atoms with Gasteiger partial charge < -0.3 is 4.90 Å². The standard InChI is InChI=1S/C12H16N2O2/c1-2-13(9-10-3-4-10)11-5-7-12(8-6-11)14(15)16/h5-8,10H,2-4,9H2,1H3. The van der Waals surface area contributed by atoms with Crippen molar-refractivity contribution in [3.05, 3.63) is 34.4 Å². The molecule has 2 rings (SSSR count). The average Bonchev–Trinajstić information content (AvgIpc) is 3.10. The summed E-state index contributed by atoms with van der Waals surface area (Å²) in [6.07, 6.45) is 2.65. The molecular formula is C12H16N2O2. The maximum Gasteiger partial charge on any atom is 0.269 e. The van der Waals surface area contributed by atoms with E-state index in [0.29, 0.717) is 0 Å². The molecule has 0 unspecified atom stereocenters. The van der Waals surface area contributed by atoms with Crippen molar-refractivity contribution in [1.29, 1.82) is 0 Å². The SMILES string of the molecule is CCN(CC1CC1)c1ccc([N+](=O)[O-])cc1. The van der Waals surface area contributed by atoms with Crippen LogP contribution in [0.5, 0.6) is 0 Å². The fourth-order valence-corrected chi connectivity index (χ4v) is 1.81. The summed E-state index contributed by atoms with van der Waals surface area (Å²) in [4.78, 5) is 12.5. The number of anilines is 1. The van der Waals surface area contributed by atoms with Crippen LogP contribution in [0, 0.1) is 16.0 Å². The summed E-state index contributed by atoms with van der Waals surface area (Å²) in [5, 5.41) is 10.5. The van der Waals surface area contributed by atoms with Gasteiger partial charge in [0.1, 0.15) is 0 Å². The molecule has 0 radical (unpaired) electrons. The van der Waals surface area contributed by atoms with E-state index in [1.807, 2.05) is 12.1 Å². The molecule has 0 atom stereocenters. The summed E-state index contributed by atoms with van der Waals surface area (Å²) in [5.41, 5.74) is 1.24. The van der Waals surface area contributed by atoms with Crippen molar-refractivity contribution < 1.29 is 4.92 Å². The van der Waals surface area contributed by atoms with E-state index in [9.17, 15) is 10.1 Å². The number of non-ortho nitro benzene ring substituents is 1. The Bertz CT molecular complexity index is 371. The summed E-state index contributed by atoms with van der Waals surface area (Å²) >= 11 is 0. The Morgan fingerprint density at radius 1 is 1.38 bits per heavy atom. The molecule has 4 nitrogen and oxygen atoms in total. The van der Waals surface area contributed by atoms with Crippen molar-refractivity contribution >= 4 is 11.4 Å². The molecule has 0 aliphatic heterocycles. The van der Waals surface area contributed by atoms with Crippen LogP contribution in [0.15, 0.2) is 24.3 Å². The highest BCUT2D eigenvalue weighted by Gasteiger charge is 2.23. The lowest BCUT2D eigenvalue weighted by molar-refractivity contribution is -0.384. The lowest BCUT2D eigenvalue weighted by Gasteiger charge is -2.22. The van der Waals surface area contributed by atoms with Gasteiger partial charge in [-0.25, -0.2) is 0 Å². The fraction of sp³-hybridized carbons (Fsp3) is 0.500. The minimum atomic E-state index is -0.360. The molecule has 1 aromatic carbocycles. The lowest BCUT2D eigenvalue weighted by Crippen LogP contribution is -2.24. The van der Waals surface area contributed by atoms with Gasteiger partial charge in [-0.1, -0.05) is 0 Å². The van der Waals surface area contributed by atoms with Gasteiger partial charge in [0.05, 0.1) is 4.92 Å². The third kappa shape index (κ3) is 2.51. The zero-order chi connectivity index (χ0) is 11.5. The van der Waals surface area contributed by atoms with E-state index in [-0.39, 0.29) is 10.6 Å². The molecule has 16 heavy (non-hydrogen) atoms. The van der Waals surface area contributed by atoms with Gasteiger partial charge in [0.2, 0.25) is 0 Å². The minimum Gasteiger partial charge on any atom is -0.372 e. The highest BCUT2D eigenvalue weighted by atomic mass is 16.6. The van der Waals surface area contributed by atoms with Gasteiger partial charge in [-0.3, -0.25) is 10.1 Å². The van der Waals surface area contributed by atoms with Crippen molar-refractivity contribution in [2.75, 3.05) is 18.0 Å². The molecule has 1 aliphatic rings. The third-order valence-corrected chi connectivity index (χ3v) is 2.98. The van der Waals surface area contributed by atoms with Crippen LogP contribution in [0.3, 0.4) is 0 Å². The van der Waals surface area contributed by atoms with E-state index in [2.05, 4.69) is 11.8 Å². The lowest BCUT2D eigenvalue weighted by atomic mass is 10.2. The molecule has 0 amide bonds. The predicted molar refractivity (Wildman–Crippen MR) is 63.7 cm³/mol. The average molecular weight is 220 g/mol. The zero-order valence-corrected chi connectivity index (χ0v) is 9.43. The number of hydrogen-bond acceptors (Lipinski definition) is 3. The normalized spacial score (nSPS) is 14.8. The van der Waals surface area contributed by atoms with E-state index >= 15 is 0 Å². The van der Waals surface area contributed by atoms with Crippen LogP contribution in [-0.2, 0) is 0 Å². The van der Waals surface area contributed by atoms with E-state index in [1.165, 1.54) is 12.8 Å². The van der Waals surface area contributed by atoms with Crippen LogP contribution in [0.25, 0.3) is 0 Å². The van der Waals surface area contributed by atoms with Gasteiger partial charge >= 0.3 is 0 Å².